The number of aryl methyl sites for hydroxylation is 1. The van der Waals surface area contributed by atoms with Crippen LogP contribution in [0.25, 0.3) is 0 Å². The highest BCUT2D eigenvalue weighted by Gasteiger charge is 2.20. The van der Waals surface area contributed by atoms with Gasteiger partial charge in [-0.05, 0) is 24.5 Å². The van der Waals surface area contributed by atoms with E-state index in [4.69, 9.17) is 0 Å². The van der Waals surface area contributed by atoms with Crippen LogP contribution in [0.5, 0.6) is 0 Å². The molecule has 0 amide bonds. The van der Waals surface area contributed by atoms with Crippen LogP contribution >= 0.6 is 0 Å². The molecule has 1 N–H and O–H groups in total. The maximum absolute atomic E-state index is 11.7. The maximum Gasteiger partial charge on any atom is 0.279 e. The topological polar surface area (TPSA) is 75.6 Å². The van der Waals surface area contributed by atoms with Crippen molar-refractivity contribution in [2.24, 2.45) is 5.29 Å². The van der Waals surface area contributed by atoms with Crippen LogP contribution in [0.4, 0.5) is 0 Å². The fourth-order valence-corrected chi connectivity index (χ4v) is 2.69. The first-order valence-electron chi connectivity index (χ1n) is 4.56. The van der Waals surface area contributed by atoms with Crippen molar-refractivity contribution in [3.63, 3.8) is 0 Å². The molecule has 1 aromatic carbocycles. The molecule has 86 valence electrons. The smallest absolute Gasteiger partial charge is 0.200 e. The molecule has 0 aliphatic carbocycles. The van der Waals surface area contributed by atoms with Crippen LogP contribution < -0.4 is 4.83 Å². The molecule has 0 aromatic heterocycles. The Labute approximate surface area is 94.2 Å². The van der Waals surface area contributed by atoms with Gasteiger partial charge >= 0.3 is 0 Å². The average Bonchev–Trinajstić information content (AvgIpc) is 2.17. The van der Waals surface area contributed by atoms with E-state index in [1.807, 2.05) is 0 Å². The zero-order valence-electron chi connectivity index (χ0n) is 8.80. The number of hydrogen-bond acceptors (Lipinski definition) is 4. The van der Waals surface area contributed by atoms with Crippen molar-refractivity contribution in [3.8, 4) is 0 Å². The summed E-state index contributed by atoms with van der Waals surface area (Å²) in [6, 6.07) is 5.08. The number of benzene rings is 1. The van der Waals surface area contributed by atoms with Crippen molar-refractivity contribution < 1.29 is 8.42 Å². The van der Waals surface area contributed by atoms with E-state index in [1.165, 1.54) is 0 Å². The SMILES string of the molecule is C=CCc1cccc(C)c1S(=O)(=O)NN=O. The van der Waals surface area contributed by atoms with Crippen molar-refractivity contribution in [1.82, 2.24) is 4.83 Å². The maximum atomic E-state index is 11.7. The number of nitroso groups, excluding NO2 is 1. The molecule has 0 aliphatic rings. The van der Waals surface area contributed by atoms with Crippen molar-refractivity contribution in [2.75, 3.05) is 0 Å². The molecule has 16 heavy (non-hydrogen) atoms. The van der Waals surface area contributed by atoms with Gasteiger partial charge in [-0.3, -0.25) is 0 Å². The molecule has 1 rings (SSSR count). The summed E-state index contributed by atoms with van der Waals surface area (Å²) in [5, 5.41) is 2.21. The number of nitrogens with zero attached hydrogens (tertiary/aromatic N) is 1. The molecular weight excluding hydrogens is 228 g/mol. The summed E-state index contributed by atoms with van der Waals surface area (Å²) in [5.41, 5.74) is 1.15. The lowest BCUT2D eigenvalue weighted by Gasteiger charge is -2.10. The van der Waals surface area contributed by atoms with Gasteiger partial charge in [-0.15, -0.1) is 11.5 Å². The van der Waals surface area contributed by atoms with E-state index in [0.717, 1.165) is 0 Å². The van der Waals surface area contributed by atoms with E-state index in [0.29, 0.717) is 17.5 Å². The Morgan fingerprint density at radius 1 is 1.50 bits per heavy atom. The van der Waals surface area contributed by atoms with Gasteiger partial charge < -0.3 is 0 Å². The molecule has 0 saturated carbocycles. The lowest BCUT2D eigenvalue weighted by atomic mass is 10.1. The van der Waals surface area contributed by atoms with Gasteiger partial charge in [0.25, 0.3) is 10.0 Å². The van der Waals surface area contributed by atoms with Crippen molar-refractivity contribution in [2.45, 2.75) is 18.2 Å². The molecule has 0 radical (unpaired) electrons. The number of hydrogen-bond donors (Lipinski definition) is 1. The predicted molar refractivity (Wildman–Crippen MR) is 61.2 cm³/mol. The summed E-state index contributed by atoms with van der Waals surface area (Å²) in [6.45, 7) is 5.21. The summed E-state index contributed by atoms with van der Waals surface area (Å²) >= 11 is 0. The quantitative estimate of drug-likeness (QED) is 0.483. The van der Waals surface area contributed by atoms with E-state index in [-0.39, 0.29) is 4.90 Å². The van der Waals surface area contributed by atoms with Gasteiger partial charge in [-0.1, -0.05) is 24.3 Å². The van der Waals surface area contributed by atoms with Gasteiger partial charge in [-0.2, -0.15) is 13.2 Å². The Morgan fingerprint density at radius 3 is 2.75 bits per heavy atom. The zero-order valence-corrected chi connectivity index (χ0v) is 9.62. The zero-order chi connectivity index (χ0) is 12.2. The summed E-state index contributed by atoms with van der Waals surface area (Å²) < 4.78 is 23.4. The van der Waals surface area contributed by atoms with Crippen molar-refractivity contribution in [3.05, 3.63) is 46.9 Å². The fourth-order valence-electron chi connectivity index (χ4n) is 1.51. The first-order valence-corrected chi connectivity index (χ1v) is 6.04. The summed E-state index contributed by atoms with van der Waals surface area (Å²) in [4.78, 5) is 11.7. The van der Waals surface area contributed by atoms with Gasteiger partial charge in [0.05, 0.1) is 10.2 Å². The number of nitrogens with one attached hydrogen (secondary N) is 1. The second-order valence-corrected chi connectivity index (χ2v) is 4.84. The number of rotatable bonds is 5. The van der Waals surface area contributed by atoms with E-state index in [9.17, 15) is 13.3 Å². The van der Waals surface area contributed by atoms with Crippen molar-refractivity contribution >= 4 is 10.0 Å². The van der Waals surface area contributed by atoms with Crippen LogP contribution in [0.2, 0.25) is 0 Å². The van der Waals surface area contributed by atoms with E-state index < -0.39 is 10.0 Å². The van der Waals surface area contributed by atoms with Gasteiger partial charge in [0.15, 0.2) is 0 Å². The highest BCUT2D eigenvalue weighted by Crippen LogP contribution is 2.20. The summed E-state index contributed by atoms with van der Waals surface area (Å²) in [6.07, 6.45) is 2.01. The van der Waals surface area contributed by atoms with E-state index in [2.05, 4.69) is 11.9 Å². The second-order valence-electron chi connectivity index (χ2n) is 3.24. The molecule has 0 bridgehead atoms. The number of allylic oxidation sites excluding steroid dienone is 1. The van der Waals surface area contributed by atoms with Crippen LogP contribution in [-0.2, 0) is 16.4 Å². The fraction of sp³-hybridized carbons (Fsp3) is 0.200. The minimum absolute atomic E-state index is 0.0921. The third-order valence-corrected chi connectivity index (χ3v) is 3.52. The largest absolute Gasteiger partial charge is 0.279 e. The average molecular weight is 240 g/mol. The van der Waals surface area contributed by atoms with Gasteiger partial charge in [0.1, 0.15) is 0 Å². The highest BCUT2D eigenvalue weighted by molar-refractivity contribution is 7.89. The van der Waals surface area contributed by atoms with Gasteiger partial charge in [0.2, 0.25) is 0 Å². The molecule has 1 aromatic rings. The van der Waals surface area contributed by atoms with Crippen LogP contribution in [0.3, 0.4) is 0 Å². The highest BCUT2D eigenvalue weighted by atomic mass is 32.2. The second kappa shape index (κ2) is 4.89. The minimum Gasteiger partial charge on any atom is -0.200 e. The molecule has 0 saturated heterocycles. The molecule has 0 aliphatic heterocycles. The molecular formula is C10H12N2O3S. The Kier molecular flexibility index (Phi) is 3.78. The first kappa shape index (κ1) is 12.4. The third-order valence-electron chi connectivity index (χ3n) is 2.08. The molecule has 0 fully saturated rings. The molecule has 0 atom stereocenters. The Morgan fingerprint density at radius 2 is 2.19 bits per heavy atom. The normalized spacial score (nSPS) is 10.8. The third kappa shape index (κ3) is 2.46. The van der Waals surface area contributed by atoms with Gasteiger partial charge in [0, 0.05) is 0 Å². The summed E-state index contributed by atoms with van der Waals surface area (Å²) in [7, 11) is -3.87. The molecule has 0 spiro atoms. The van der Waals surface area contributed by atoms with Gasteiger partial charge in [-0.25, -0.2) is 0 Å². The molecule has 6 heteroatoms. The van der Waals surface area contributed by atoms with Crippen LogP contribution in [-0.4, -0.2) is 8.42 Å². The number of sulfonamides is 1. The van der Waals surface area contributed by atoms with Crippen LogP contribution in [0.15, 0.2) is 41.0 Å². The van der Waals surface area contributed by atoms with E-state index >= 15 is 0 Å². The molecule has 0 unspecified atom stereocenters. The monoisotopic (exact) mass is 240 g/mol. The Bertz CT molecular complexity index is 509. The lowest BCUT2D eigenvalue weighted by molar-refractivity contribution is 0.582. The Hall–Kier alpha value is -1.69. The predicted octanol–water partition coefficient (Wildman–Crippen LogP) is 1.68. The van der Waals surface area contributed by atoms with Crippen molar-refractivity contribution in [1.29, 1.82) is 0 Å². The van der Waals surface area contributed by atoms with Crippen LogP contribution in [0, 0.1) is 11.8 Å². The Balaban J connectivity index is 3.40. The lowest BCUT2D eigenvalue weighted by Crippen LogP contribution is -2.20. The van der Waals surface area contributed by atoms with Crippen LogP contribution in [0.1, 0.15) is 11.1 Å². The summed E-state index contributed by atoms with van der Waals surface area (Å²) in [5.74, 6) is 0. The molecule has 5 nitrogen and oxygen atoms in total. The minimum atomic E-state index is -3.87. The standard InChI is InChI=1S/C10H12N2O3S/c1-3-5-9-7-4-6-8(2)10(9)16(14,15)12-11-13/h3-4,6-7H,1,5H2,2H3,(H,12,13). The first-order chi connectivity index (χ1) is 7.53. The van der Waals surface area contributed by atoms with E-state index in [1.54, 1.807) is 36.0 Å². The molecule has 0 heterocycles.